The number of hydrogen-bond acceptors (Lipinski definition) is 5. The van der Waals surface area contributed by atoms with E-state index in [-0.39, 0.29) is 75.0 Å². The molecule has 0 bridgehead atoms. The van der Waals surface area contributed by atoms with E-state index in [0.29, 0.717) is 29.8 Å². The van der Waals surface area contributed by atoms with Crippen molar-refractivity contribution in [2.75, 3.05) is 18.1 Å². The van der Waals surface area contributed by atoms with E-state index < -0.39 is 17.8 Å². The van der Waals surface area contributed by atoms with E-state index in [9.17, 15) is 18.0 Å². The van der Waals surface area contributed by atoms with Crippen molar-refractivity contribution in [2.45, 2.75) is 53.3 Å². The van der Waals surface area contributed by atoms with Gasteiger partial charge in [-0.05, 0) is 20.8 Å². The largest absolute Gasteiger partial charge is 1.00 e. The summed E-state index contributed by atoms with van der Waals surface area (Å²) in [5.41, 5.74) is 7.73. The van der Waals surface area contributed by atoms with Crippen LogP contribution in [0.5, 0.6) is 0 Å². The molecule has 1 aromatic carbocycles. The standard InChI is InChI=1S/C14H19N5O2.C7H4F3.C2H6.K/c1-8-5-18(6-9(2)21-8)19-7-11-12(4-13(19)20)16-10(3)17-14(11)15;8-6-4-2-1-3-5(6)7(9)10;1-2;/h4,7-9H,5-6H2,1-3H3,(H2,15,16,17,20);1-3,7H;1-2H3;/q;-1;;+1/p-1. The van der Waals surface area contributed by atoms with E-state index in [1.807, 2.05) is 38.8 Å². The molecule has 3 heterocycles. The zero-order valence-corrected chi connectivity index (χ0v) is 23.4. The zero-order chi connectivity index (χ0) is 24.7. The van der Waals surface area contributed by atoms with Gasteiger partial charge in [-0.25, -0.2) is 17.8 Å². The maximum absolute atomic E-state index is 12.3. The Hall–Kier alpha value is -1.50. The summed E-state index contributed by atoms with van der Waals surface area (Å²) in [5, 5.41) is 2.52. The molecule has 0 amide bonds. The summed E-state index contributed by atoms with van der Waals surface area (Å²) in [7, 11) is 0. The first-order valence-corrected chi connectivity index (χ1v) is 10.6. The minimum absolute atomic E-state index is 0. The summed E-state index contributed by atoms with van der Waals surface area (Å²) in [6, 6.07) is 7.11. The van der Waals surface area contributed by atoms with Gasteiger partial charge in [0.05, 0.1) is 30.8 Å². The van der Waals surface area contributed by atoms with Crippen LogP contribution in [-0.4, -0.2) is 39.9 Å². The van der Waals surface area contributed by atoms with Gasteiger partial charge >= 0.3 is 51.4 Å². The molecule has 2 aromatic heterocycles. The third kappa shape index (κ3) is 8.03. The first-order chi connectivity index (χ1) is 15.7. The maximum atomic E-state index is 12.3. The number of morpholine rings is 1. The molecule has 4 rings (SSSR count). The number of benzene rings is 1. The number of hydrogen-bond donors (Lipinski definition) is 0. The third-order valence-electron chi connectivity index (χ3n) is 4.60. The number of aryl methyl sites for hydroxylation is 1. The number of aromatic nitrogens is 3. The van der Waals surface area contributed by atoms with Crippen molar-refractivity contribution in [3.05, 3.63) is 69.8 Å². The summed E-state index contributed by atoms with van der Waals surface area (Å²) in [6.07, 6.45) is -0.982. The van der Waals surface area contributed by atoms with Gasteiger partial charge in [0.1, 0.15) is 0 Å². The summed E-state index contributed by atoms with van der Waals surface area (Å²) in [5.74, 6) is -0.337. The minimum atomic E-state index is -2.75. The number of rotatable bonds is 2. The Morgan fingerprint density at radius 3 is 2.35 bits per heavy atom. The molecule has 3 aromatic rings. The van der Waals surface area contributed by atoms with Gasteiger partial charge in [-0.2, -0.15) is 18.2 Å². The average Bonchev–Trinajstić information content (AvgIpc) is 2.74. The summed E-state index contributed by atoms with van der Waals surface area (Å²) in [6.45, 7) is 11.0. The Kier molecular flexibility index (Phi) is 12.7. The van der Waals surface area contributed by atoms with Crippen LogP contribution in [0.2, 0.25) is 0 Å². The number of alkyl halides is 2. The molecule has 0 radical (unpaired) electrons. The third-order valence-corrected chi connectivity index (χ3v) is 4.60. The van der Waals surface area contributed by atoms with Crippen molar-refractivity contribution in [2.24, 2.45) is 0 Å². The van der Waals surface area contributed by atoms with Crippen LogP contribution in [0.4, 0.5) is 19.0 Å². The number of nitrogens with zero attached hydrogens (tertiary/aromatic N) is 4. The fourth-order valence-corrected chi connectivity index (χ4v) is 3.35. The van der Waals surface area contributed by atoms with Crippen LogP contribution < -0.4 is 62.0 Å². The van der Waals surface area contributed by atoms with Gasteiger partial charge < -0.3 is 20.5 Å². The molecular weight excluding hydrogens is 474 g/mol. The minimum Gasteiger partial charge on any atom is -0.481 e. The Morgan fingerprint density at radius 1 is 1.21 bits per heavy atom. The molecule has 34 heavy (non-hydrogen) atoms. The molecule has 1 saturated heterocycles. The van der Waals surface area contributed by atoms with Gasteiger partial charge in [-0.1, -0.05) is 25.2 Å². The number of ether oxygens (including phenoxy) is 1. The number of nitrogens with one attached hydrogen (secondary N) is 1. The van der Waals surface area contributed by atoms with Gasteiger partial charge in [0.15, 0.2) is 0 Å². The topological polar surface area (TPSA) is 84.0 Å². The monoisotopic (exact) mass is 502 g/mol. The first-order valence-electron chi connectivity index (χ1n) is 10.6. The molecule has 1 N–H and O–H groups in total. The van der Waals surface area contributed by atoms with Crippen molar-refractivity contribution in [1.29, 1.82) is 0 Å². The van der Waals surface area contributed by atoms with Gasteiger partial charge in [0.25, 0.3) is 5.56 Å². The number of halogens is 3. The Bertz CT molecular complexity index is 1120. The van der Waals surface area contributed by atoms with Crippen LogP contribution in [0.15, 0.2) is 35.3 Å². The number of pyridine rings is 1. The van der Waals surface area contributed by atoms with Crippen LogP contribution in [0.25, 0.3) is 16.6 Å². The maximum Gasteiger partial charge on any atom is 1.00 e. The molecule has 0 saturated carbocycles. The van der Waals surface area contributed by atoms with Gasteiger partial charge in [-0.3, -0.25) is 9.78 Å². The fourth-order valence-electron chi connectivity index (χ4n) is 3.35. The van der Waals surface area contributed by atoms with Crippen LogP contribution >= 0.6 is 0 Å². The molecule has 2 unspecified atom stereocenters. The number of fused-ring (bicyclic) bond motifs is 1. The summed E-state index contributed by atoms with van der Waals surface area (Å²) < 4.78 is 43.1. The second-order valence-corrected chi connectivity index (χ2v) is 7.24. The average molecular weight is 503 g/mol. The molecule has 0 aliphatic carbocycles. The van der Waals surface area contributed by atoms with E-state index >= 15 is 0 Å². The van der Waals surface area contributed by atoms with Crippen LogP contribution in [0.3, 0.4) is 0 Å². The van der Waals surface area contributed by atoms with Crippen molar-refractivity contribution in [3.8, 4) is 0 Å². The molecule has 0 spiro atoms. The van der Waals surface area contributed by atoms with Crippen LogP contribution in [0, 0.1) is 18.8 Å². The van der Waals surface area contributed by atoms with E-state index in [0.717, 1.165) is 6.07 Å². The van der Waals surface area contributed by atoms with Crippen molar-refractivity contribution >= 4 is 16.7 Å². The molecular formula is C23H28F3KN5O2-. The predicted octanol–water partition coefficient (Wildman–Crippen LogP) is 2.12. The second kappa shape index (κ2) is 14.2. The smallest absolute Gasteiger partial charge is 0.481 e. The molecule has 1 aliphatic rings. The molecule has 1 fully saturated rings. The Labute approximate surface area is 239 Å². The normalized spacial score (nSPS) is 17.3. The second-order valence-electron chi connectivity index (χ2n) is 7.24. The summed E-state index contributed by atoms with van der Waals surface area (Å²) in [4.78, 5) is 20.6. The van der Waals surface area contributed by atoms with Crippen molar-refractivity contribution in [3.63, 3.8) is 0 Å². The van der Waals surface area contributed by atoms with Crippen LogP contribution in [0.1, 0.15) is 45.5 Å². The van der Waals surface area contributed by atoms with Gasteiger partial charge in [0.2, 0.25) is 6.43 Å². The molecule has 2 atom stereocenters. The van der Waals surface area contributed by atoms with E-state index in [1.165, 1.54) is 18.2 Å². The SMILES string of the molecule is CC.Cc1nc([NH-])c2cn(N3CC(C)OC(C)C3)c(=O)cc2n1.Fc1[c-]cccc1C(F)F.[K+]. The van der Waals surface area contributed by atoms with Crippen molar-refractivity contribution in [1.82, 2.24) is 14.6 Å². The quantitative estimate of drug-likeness (QED) is 0.396. The van der Waals surface area contributed by atoms with Crippen molar-refractivity contribution < 1.29 is 69.3 Å². The van der Waals surface area contributed by atoms with E-state index in [4.69, 9.17) is 10.5 Å². The fraction of sp³-hybridized carbons (Fsp3) is 0.435. The zero-order valence-electron chi connectivity index (χ0n) is 20.3. The van der Waals surface area contributed by atoms with Gasteiger partial charge in [-0.15, -0.1) is 6.07 Å². The molecule has 1 aliphatic heterocycles. The Balaban J connectivity index is 0.000000377. The summed E-state index contributed by atoms with van der Waals surface area (Å²) >= 11 is 0. The predicted molar refractivity (Wildman–Crippen MR) is 122 cm³/mol. The van der Waals surface area contributed by atoms with Crippen LogP contribution in [-0.2, 0) is 4.74 Å². The molecule has 180 valence electrons. The van der Waals surface area contributed by atoms with Gasteiger partial charge in [0, 0.05) is 29.3 Å². The molecule has 7 nitrogen and oxygen atoms in total. The molecule has 11 heteroatoms. The van der Waals surface area contributed by atoms with E-state index in [2.05, 4.69) is 9.97 Å². The van der Waals surface area contributed by atoms with E-state index in [1.54, 1.807) is 17.8 Å². The Morgan fingerprint density at radius 2 is 1.82 bits per heavy atom. The first kappa shape index (κ1) is 30.5.